The van der Waals surface area contributed by atoms with Crippen LogP contribution in [-0.2, 0) is 32.1 Å². The van der Waals surface area contributed by atoms with Gasteiger partial charge in [0.15, 0.2) is 6.61 Å². The van der Waals surface area contributed by atoms with Gasteiger partial charge >= 0.3 is 5.97 Å². The molecule has 6 heteroatoms. The van der Waals surface area contributed by atoms with Gasteiger partial charge in [0, 0.05) is 31.6 Å². The maximum Gasteiger partial charge on any atom is 0.309 e. The number of carbonyl (C=O) groups is 3. The molecule has 1 aliphatic heterocycles. The first-order valence-electron chi connectivity index (χ1n) is 12.1. The second kappa shape index (κ2) is 11.8. The van der Waals surface area contributed by atoms with Crippen LogP contribution in [0.25, 0.3) is 0 Å². The Bertz CT molecular complexity index is 945. The molecule has 2 aromatic rings. The molecule has 1 heterocycles. The van der Waals surface area contributed by atoms with Crippen molar-refractivity contribution in [3.8, 4) is 0 Å². The van der Waals surface area contributed by atoms with Gasteiger partial charge in [-0.15, -0.1) is 0 Å². The highest BCUT2D eigenvalue weighted by atomic mass is 16.5. The van der Waals surface area contributed by atoms with Gasteiger partial charge in [0.1, 0.15) is 0 Å². The highest BCUT2D eigenvalue weighted by Gasteiger charge is 2.33. The van der Waals surface area contributed by atoms with Gasteiger partial charge in [-0.3, -0.25) is 14.4 Å². The van der Waals surface area contributed by atoms with Gasteiger partial charge in [-0.05, 0) is 30.4 Å². The number of esters is 1. The number of ether oxygens (including phenoxy) is 1. The van der Waals surface area contributed by atoms with E-state index in [9.17, 15) is 14.4 Å². The molecule has 182 valence electrons. The molecule has 1 saturated heterocycles. The molecule has 0 aliphatic carbocycles. The lowest BCUT2D eigenvalue weighted by molar-refractivity contribution is -0.158. The van der Waals surface area contributed by atoms with Gasteiger partial charge in [-0.2, -0.15) is 0 Å². The van der Waals surface area contributed by atoms with E-state index in [-0.39, 0.29) is 30.3 Å². The molecule has 0 spiro atoms. The molecule has 2 amide bonds. The molecule has 2 aromatic carbocycles. The number of amides is 2. The van der Waals surface area contributed by atoms with Crippen LogP contribution in [0.2, 0.25) is 0 Å². The molecule has 0 bridgehead atoms. The van der Waals surface area contributed by atoms with Crippen molar-refractivity contribution in [3.05, 3.63) is 71.8 Å². The summed E-state index contributed by atoms with van der Waals surface area (Å²) in [5.74, 6) is -0.722. The average Bonchev–Trinajstić information content (AvgIpc) is 2.85. The van der Waals surface area contributed by atoms with Gasteiger partial charge in [-0.25, -0.2) is 0 Å². The Kier molecular flexibility index (Phi) is 8.85. The van der Waals surface area contributed by atoms with Crippen LogP contribution in [0, 0.1) is 11.3 Å². The third-order valence-corrected chi connectivity index (χ3v) is 6.18. The molecular weight excluding hydrogens is 428 g/mol. The first-order valence-corrected chi connectivity index (χ1v) is 12.1. The minimum absolute atomic E-state index is 0.101. The van der Waals surface area contributed by atoms with Crippen LogP contribution >= 0.6 is 0 Å². The standard InChI is InChI=1S/C28H36N2O4/c1-28(2,3)27(33)29-18-15-24(16-19-29)26(32)34-21-25(31)30(20-23-12-8-5-9-13-23)17-14-22-10-6-4-7-11-22/h4-13,24H,14-21H2,1-3H3. The predicted octanol–water partition coefficient (Wildman–Crippen LogP) is 4.09. The van der Waals surface area contributed by atoms with E-state index in [0.717, 1.165) is 17.5 Å². The van der Waals surface area contributed by atoms with Gasteiger partial charge in [0.25, 0.3) is 5.91 Å². The Labute approximate surface area is 202 Å². The van der Waals surface area contributed by atoms with Crippen molar-refractivity contribution in [2.24, 2.45) is 11.3 Å². The third kappa shape index (κ3) is 7.44. The lowest BCUT2D eigenvalue weighted by Gasteiger charge is -2.35. The Balaban J connectivity index is 1.53. The van der Waals surface area contributed by atoms with Crippen LogP contribution < -0.4 is 0 Å². The zero-order valence-corrected chi connectivity index (χ0v) is 20.5. The molecule has 0 unspecified atom stereocenters. The van der Waals surface area contributed by atoms with Crippen molar-refractivity contribution >= 4 is 17.8 Å². The first-order chi connectivity index (χ1) is 16.2. The largest absolute Gasteiger partial charge is 0.455 e. The van der Waals surface area contributed by atoms with Gasteiger partial charge in [0.2, 0.25) is 5.91 Å². The quantitative estimate of drug-likeness (QED) is 0.552. The fourth-order valence-corrected chi connectivity index (χ4v) is 4.14. The van der Waals surface area contributed by atoms with E-state index >= 15 is 0 Å². The number of piperidine rings is 1. The highest BCUT2D eigenvalue weighted by Crippen LogP contribution is 2.24. The van der Waals surface area contributed by atoms with Crippen LogP contribution in [0.4, 0.5) is 0 Å². The van der Waals surface area contributed by atoms with E-state index < -0.39 is 5.41 Å². The van der Waals surface area contributed by atoms with Gasteiger partial charge in [-0.1, -0.05) is 81.4 Å². The maximum atomic E-state index is 13.0. The van der Waals surface area contributed by atoms with Crippen molar-refractivity contribution in [2.75, 3.05) is 26.2 Å². The molecule has 1 fully saturated rings. The Morgan fingerprint density at radius 2 is 1.47 bits per heavy atom. The average molecular weight is 465 g/mol. The summed E-state index contributed by atoms with van der Waals surface area (Å²) in [5.41, 5.74) is 1.76. The molecule has 34 heavy (non-hydrogen) atoms. The summed E-state index contributed by atoms with van der Waals surface area (Å²) >= 11 is 0. The minimum atomic E-state index is -0.429. The number of benzene rings is 2. The minimum Gasteiger partial charge on any atom is -0.455 e. The topological polar surface area (TPSA) is 66.9 Å². The van der Waals surface area contributed by atoms with Gasteiger partial charge in [0.05, 0.1) is 5.92 Å². The Hall–Kier alpha value is -3.15. The van der Waals surface area contributed by atoms with E-state index in [1.165, 1.54) is 0 Å². The van der Waals surface area contributed by atoms with E-state index in [4.69, 9.17) is 4.74 Å². The highest BCUT2D eigenvalue weighted by molar-refractivity contribution is 5.83. The van der Waals surface area contributed by atoms with E-state index in [1.807, 2.05) is 86.3 Å². The van der Waals surface area contributed by atoms with Crippen LogP contribution in [0.5, 0.6) is 0 Å². The molecule has 6 nitrogen and oxygen atoms in total. The molecule has 0 N–H and O–H groups in total. The molecule has 3 rings (SSSR count). The summed E-state index contributed by atoms with van der Waals surface area (Å²) in [6, 6.07) is 19.9. The summed E-state index contributed by atoms with van der Waals surface area (Å²) < 4.78 is 5.44. The molecule has 1 aliphatic rings. The number of rotatable bonds is 8. The van der Waals surface area contributed by atoms with Crippen molar-refractivity contribution in [1.29, 1.82) is 0 Å². The molecule has 0 radical (unpaired) electrons. The van der Waals surface area contributed by atoms with Crippen molar-refractivity contribution in [1.82, 2.24) is 9.80 Å². The number of carbonyl (C=O) groups excluding carboxylic acids is 3. The van der Waals surface area contributed by atoms with Crippen LogP contribution in [0.15, 0.2) is 60.7 Å². The zero-order chi connectivity index (χ0) is 24.6. The smallest absolute Gasteiger partial charge is 0.309 e. The van der Waals surface area contributed by atoms with E-state index in [2.05, 4.69) is 0 Å². The van der Waals surface area contributed by atoms with Crippen LogP contribution in [0.3, 0.4) is 0 Å². The summed E-state index contributed by atoms with van der Waals surface area (Å²) in [5, 5.41) is 0. The van der Waals surface area contributed by atoms with Crippen molar-refractivity contribution in [3.63, 3.8) is 0 Å². The second-order valence-electron chi connectivity index (χ2n) is 9.96. The SMILES string of the molecule is CC(C)(C)C(=O)N1CCC(C(=O)OCC(=O)N(CCc2ccccc2)Cc2ccccc2)CC1. The monoisotopic (exact) mass is 464 g/mol. The van der Waals surface area contributed by atoms with Crippen LogP contribution in [-0.4, -0.2) is 53.8 Å². The summed E-state index contributed by atoms with van der Waals surface area (Å²) in [7, 11) is 0. The fraction of sp³-hybridized carbons (Fsp3) is 0.464. The molecule has 0 aromatic heterocycles. The van der Waals surface area contributed by atoms with Crippen molar-refractivity contribution < 1.29 is 19.1 Å². The number of hydrogen-bond acceptors (Lipinski definition) is 4. The van der Waals surface area contributed by atoms with E-state index in [1.54, 1.807) is 4.90 Å². The van der Waals surface area contributed by atoms with Crippen molar-refractivity contribution in [2.45, 2.75) is 46.6 Å². The molecule has 0 atom stereocenters. The second-order valence-corrected chi connectivity index (χ2v) is 9.96. The number of hydrogen-bond donors (Lipinski definition) is 0. The lowest BCUT2D eigenvalue weighted by atomic mass is 9.91. The summed E-state index contributed by atoms with van der Waals surface area (Å²) in [6.45, 7) is 7.55. The predicted molar refractivity (Wildman–Crippen MR) is 132 cm³/mol. The Morgan fingerprint density at radius 3 is 2.03 bits per heavy atom. The maximum absolute atomic E-state index is 13.0. The summed E-state index contributed by atoms with van der Waals surface area (Å²) in [6.07, 6.45) is 1.86. The fourth-order valence-electron chi connectivity index (χ4n) is 4.14. The first kappa shape index (κ1) is 25.5. The van der Waals surface area contributed by atoms with Gasteiger partial charge < -0.3 is 14.5 Å². The zero-order valence-electron chi connectivity index (χ0n) is 20.5. The van der Waals surface area contributed by atoms with Crippen LogP contribution in [0.1, 0.15) is 44.7 Å². The number of nitrogens with zero attached hydrogens (tertiary/aromatic N) is 2. The molecule has 0 saturated carbocycles. The lowest BCUT2D eigenvalue weighted by Crippen LogP contribution is -2.45. The summed E-state index contributed by atoms with van der Waals surface area (Å²) in [4.78, 5) is 41.7. The van der Waals surface area contributed by atoms with E-state index in [0.29, 0.717) is 39.0 Å². The normalized spacial score (nSPS) is 14.5. The molecular formula is C28H36N2O4. The third-order valence-electron chi connectivity index (χ3n) is 6.18. The number of likely N-dealkylation sites (tertiary alicyclic amines) is 1. The Morgan fingerprint density at radius 1 is 0.912 bits per heavy atom.